The maximum atomic E-state index is 12.1. The topological polar surface area (TPSA) is 43.4 Å². The zero-order valence-corrected chi connectivity index (χ0v) is 10.6. The van der Waals surface area contributed by atoms with Gasteiger partial charge < -0.3 is 4.74 Å². The lowest BCUT2D eigenvalue weighted by Crippen LogP contribution is -2.39. The van der Waals surface area contributed by atoms with Crippen LogP contribution in [0.25, 0.3) is 0 Å². The van der Waals surface area contributed by atoms with Gasteiger partial charge in [0.1, 0.15) is 5.41 Å². The summed E-state index contributed by atoms with van der Waals surface area (Å²) in [5, 5.41) is 0. The predicted octanol–water partition coefficient (Wildman–Crippen LogP) is 2.53. The first kappa shape index (κ1) is 12.8. The van der Waals surface area contributed by atoms with E-state index in [0.29, 0.717) is 25.9 Å². The van der Waals surface area contributed by atoms with Crippen LogP contribution in [-0.2, 0) is 20.7 Å². The molecule has 0 spiro atoms. The van der Waals surface area contributed by atoms with E-state index >= 15 is 0 Å². The predicted molar refractivity (Wildman–Crippen MR) is 68.1 cm³/mol. The van der Waals surface area contributed by atoms with E-state index in [4.69, 9.17) is 4.74 Å². The summed E-state index contributed by atoms with van der Waals surface area (Å²) in [7, 11) is 0. The summed E-state index contributed by atoms with van der Waals surface area (Å²) in [6, 6.07) is 9.68. The molecule has 0 bridgehead atoms. The quantitative estimate of drug-likeness (QED) is 0.605. The Hall–Kier alpha value is -1.64. The molecule has 1 aliphatic carbocycles. The van der Waals surface area contributed by atoms with Crippen LogP contribution in [-0.4, -0.2) is 18.4 Å². The number of ketones is 1. The van der Waals surface area contributed by atoms with Crippen molar-refractivity contribution in [2.45, 2.75) is 32.6 Å². The number of carbonyl (C=O) groups excluding carboxylic acids is 2. The third kappa shape index (κ3) is 2.30. The van der Waals surface area contributed by atoms with Crippen LogP contribution in [0.15, 0.2) is 30.3 Å². The van der Waals surface area contributed by atoms with E-state index < -0.39 is 5.41 Å². The second-order valence-corrected chi connectivity index (χ2v) is 4.74. The Labute approximate surface area is 107 Å². The molecule has 0 radical (unpaired) electrons. The molecule has 0 unspecified atom stereocenters. The van der Waals surface area contributed by atoms with Gasteiger partial charge in [-0.2, -0.15) is 0 Å². The molecule has 1 aliphatic rings. The molecule has 0 saturated heterocycles. The maximum Gasteiger partial charge on any atom is 0.319 e. The molecule has 0 aromatic heterocycles. The standard InChI is InChI=1S/C15H18O3/c1-2-18-14(17)15(10-6-9-13(15)16)11-12-7-4-3-5-8-12/h3-5,7-8H,2,6,9-11H2,1H3/t15-/m0/s1. The van der Waals surface area contributed by atoms with Crippen molar-refractivity contribution < 1.29 is 14.3 Å². The van der Waals surface area contributed by atoms with Crippen molar-refractivity contribution in [1.29, 1.82) is 0 Å². The minimum Gasteiger partial charge on any atom is -0.465 e. The first-order valence-corrected chi connectivity index (χ1v) is 6.43. The van der Waals surface area contributed by atoms with Crippen LogP contribution in [0.5, 0.6) is 0 Å². The van der Waals surface area contributed by atoms with Crippen LogP contribution in [0, 0.1) is 5.41 Å². The molecule has 2 rings (SSSR count). The smallest absolute Gasteiger partial charge is 0.319 e. The third-order valence-corrected chi connectivity index (χ3v) is 3.56. The summed E-state index contributed by atoms with van der Waals surface area (Å²) < 4.78 is 5.11. The number of rotatable bonds is 4. The van der Waals surface area contributed by atoms with Crippen LogP contribution in [0.2, 0.25) is 0 Å². The van der Waals surface area contributed by atoms with E-state index in [1.807, 2.05) is 30.3 Å². The van der Waals surface area contributed by atoms with Gasteiger partial charge in [-0.25, -0.2) is 0 Å². The highest BCUT2D eigenvalue weighted by Crippen LogP contribution is 2.39. The number of Topliss-reactive ketones (excluding diaryl/α,β-unsaturated/α-hetero) is 1. The van der Waals surface area contributed by atoms with E-state index in [2.05, 4.69) is 0 Å². The van der Waals surface area contributed by atoms with Gasteiger partial charge in [-0.3, -0.25) is 9.59 Å². The summed E-state index contributed by atoms with van der Waals surface area (Å²) in [5.41, 5.74) is 0.0815. The minimum absolute atomic E-state index is 0.0322. The molecule has 1 atom stereocenters. The summed E-state index contributed by atoms with van der Waals surface area (Å²) in [6.07, 6.45) is 2.35. The van der Waals surface area contributed by atoms with Crippen molar-refractivity contribution >= 4 is 11.8 Å². The average Bonchev–Trinajstić information content (AvgIpc) is 2.74. The number of esters is 1. The number of ether oxygens (including phenoxy) is 1. The fraction of sp³-hybridized carbons (Fsp3) is 0.467. The fourth-order valence-electron chi connectivity index (χ4n) is 2.62. The largest absolute Gasteiger partial charge is 0.465 e. The van der Waals surface area contributed by atoms with Crippen molar-refractivity contribution in [2.24, 2.45) is 5.41 Å². The second-order valence-electron chi connectivity index (χ2n) is 4.74. The average molecular weight is 246 g/mol. The van der Waals surface area contributed by atoms with E-state index in [1.165, 1.54) is 0 Å². The lowest BCUT2D eigenvalue weighted by Gasteiger charge is -2.24. The molecule has 1 aromatic carbocycles. The Kier molecular flexibility index (Phi) is 3.80. The summed E-state index contributed by atoms with van der Waals surface area (Å²) in [5.74, 6) is -0.318. The highest BCUT2D eigenvalue weighted by molar-refractivity contribution is 6.05. The van der Waals surface area contributed by atoms with E-state index in [1.54, 1.807) is 6.92 Å². The molecule has 0 heterocycles. The van der Waals surface area contributed by atoms with Crippen molar-refractivity contribution in [1.82, 2.24) is 0 Å². The number of hydrogen-bond donors (Lipinski definition) is 0. The van der Waals surface area contributed by atoms with Crippen LogP contribution >= 0.6 is 0 Å². The van der Waals surface area contributed by atoms with Crippen LogP contribution in [0.4, 0.5) is 0 Å². The van der Waals surface area contributed by atoms with Crippen LogP contribution in [0.1, 0.15) is 31.7 Å². The Bertz CT molecular complexity index is 438. The van der Waals surface area contributed by atoms with Gasteiger partial charge in [0.2, 0.25) is 0 Å². The zero-order chi connectivity index (χ0) is 13.0. The molecule has 1 saturated carbocycles. The molecular weight excluding hydrogens is 228 g/mol. The first-order valence-electron chi connectivity index (χ1n) is 6.43. The molecular formula is C15H18O3. The SMILES string of the molecule is CCOC(=O)[C@]1(Cc2ccccc2)CCCC1=O. The molecule has 3 nitrogen and oxygen atoms in total. The number of hydrogen-bond acceptors (Lipinski definition) is 3. The Balaban J connectivity index is 2.26. The van der Waals surface area contributed by atoms with Gasteiger partial charge in [-0.15, -0.1) is 0 Å². The van der Waals surface area contributed by atoms with Gasteiger partial charge in [0.05, 0.1) is 6.61 Å². The zero-order valence-electron chi connectivity index (χ0n) is 10.6. The summed E-state index contributed by atoms with van der Waals surface area (Å²) in [6.45, 7) is 2.09. The molecule has 0 aliphatic heterocycles. The van der Waals surface area contributed by atoms with Gasteiger partial charge in [0.15, 0.2) is 5.78 Å². The van der Waals surface area contributed by atoms with Gasteiger partial charge in [-0.1, -0.05) is 30.3 Å². The molecule has 1 fully saturated rings. The minimum atomic E-state index is -0.933. The normalized spacial score (nSPS) is 23.1. The first-order chi connectivity index (χ1) is 8.69. The van der Waals surface area contributed by atoms with Gasteiger partial charge in [0.25, 0.3) is 0 Å². The van der Waals surface area contributed by atoms with Crippen LogP contribution < -0.4 is 0 Å². The highest BCUT2D eigenvalue weighted by Gasteiger charge is 2.49. The highest BCUT2D eigenvalue weighted by atomic mass is 16.5. The van der Waals surface area contributed by atoms with Crippen LogP contribution in [0.3, 0.4) is 0 Å². The lowest BCUT2D eigenvalue weighted by molar-refractivity contribution is -0.158. The monoisotopic (exact) mass is 246 g/mol. The lowest BCUT2D eigenvalue weighted by atomic mass is 9.79. The molecule has 1 aromatic rings. The Morgan fingerprint density at radius 2 is 2.06 bits per heavy atom. The van der Waals surface area contributed by atoms with E-state index in [0.717, 1.165) is 12.0 Å². The second kappa shape index (κ2) is 5.34. The maximum absolute atomic E-state index is 12.1. The number of benzene rings is 1. The molecule has 0 N–H and O–H groups in total. The Morgan fingerprint density at radius 1 is 1.33 bits per heavy atom. The van der Waals surface area contributed by atoms with Gasteiger partial charge in [-0.05, 0) is 31.7 Å². The van der Waals surface area contributed by atoms with Crippen molar-refractivity contribution in [2.75, 3.05) is 6.61 Å². The van der Waals surface area contributed by atoms with Gasteiger partial charge in [0, 0.05) is 6.42 Å². The number of carbonyl (C=O) groups is 2. The third-order valence-electron chi connectivity index (χ3n) is 3.56. The van der Waals surface area contributed by atoms with Crippen molar-refractivity contribution in [3.05, 3.63) is 35.9 Å². The molecule has 3 heteroatoms. The van der Waals surface area contributed by atoms with Crippen molar-refractivity contribution in [3.8, 4) is 0 Å². The van der Waals surface area contributed by atoms with Crippen molar-refractivity contribution in [3.63, 3.8) is 0 Å². The van der Waals surface area contributed by atoms with E-state index in [9.17, 15) is 9.59 Å². The molecule has 96 valence electrons. The fourth-order valence-corrected chi connectivity index (χ4v) is 2.62. The van der Waals surface area contributed by atoms with E-state index in [-0.39, 0.29) is 11.8 Å². The molecule has 18 heavy (non-hydrogen) atoms. The molecule has 0 amide bonds. The summed E-state index contributed by atoms with van der Waals surface area (Å²) >= 11 is 0. The Morgan fingerprint density at radius 3 is 2.61 bits per heavy atom. The summed E-state index contributed by atoms with van der Waals surface area (Å²) in [4.78, 5) is 24.3. The van der Waals surface area contributed by atoms with Gasteiger partial charge >= 0.3 is 5.97 Å².